The topological polar surface area (TPSA) is 23.6 Å². The summed E-state index contributed by atoms with van der Waals surface area (Å²) >= 11 is 0. The molecule has 0 N–H and O–H groups in total. The summed E-state index contributed by atoms with van der Waals surface area (Å²) in [6.07, 6.45) is 0. The molecule has 1 aliphatic heterocycles. The van der Waals surface area contributed by atoms with E-state index in [0.717, 1.165) is 42.9 Å². The van der Waals surface area contributed by atoms with Crippen LogP contribution in [-0.4, -0.2) is 48.9 Å². The van der Waals surface area contributed by atoms with E-state index in [-0.39, 0.29) is 5.91 Å². The number of carbonyl (C=O) groups is 1. The van der Waals surface area contributed by atoms with E-state index in [1.165, 1.54) is 16.7 Å². The lowest BCUT2D eigenvalue weighted by Crippen LogP contribution is -2.47. The molecule has 0 radical (unpaired) electrons. The molecule has 1 heterocycles. The Morgan fingerprint density at radius 3 is 1.60 bits per heavy atom. The van der Waals surface area contributed by atoms with Crippen molar-refractivity contribution in [1.82, 2.24) is 9.80 Å². The van der Waals surface area contributed by atoms with Crippen LogP contribution in [0.2, 0.25) is 0 Å². The van der Waals surface area contributed by atoms with Gasteiger partial charge in [-0.05, 0) is 69.5 Å². The van der Waals surface area contributed by atoms with E-state index in [9.17, 15) is 4.79 Å². The number of hydrogen-bond donors (Lipinski definition) is 0. The van der Waals surface area contributed by atoms with Gasteiger partial charge in [-0.2, -0.15) is 0 Å². The van der Waals surface area contributed by atoms with Gasteiger partial charge in [-0.25, -0.2) is 0 Å². The summed E-state index contributed by atoms with van der Waals surface area (Å²) in [5, 5.41) is 0. The summed E-state index contributed by atoms with van der Waals surface area (Å²) in [5.74, 6) is 0.208. The van der Waals surface area contributed by atoms with Crippen molar-refractivity contribution < 1.29 is 4.79 Å². The third-order valence-corrected chi connectivity index (χ3v) is 5.00. The Morgan fingerprint density at radius 2 is 1.15 bits per heavy atom. The van der Waals surface area contributed by atoms with Gasteiger partial charge in [-0.15, -0.1) is 0 Å². The van der Waals surface area contributed by atoms with E-state index >= 15 is 0 Å². The Kier molecular flexibility index (Phi) is 4.19. The molecular weight excluding hydrogens is 248 g/mol. The van der Waals surface area contributed by atoms with Gasteiger partial charge in [0.15, 0.2) is 0 Å². The standard InChI is InChI=1S/C17H26N2O/c1-11-12(2)14(4)16(15(5)13(11)3)17(20)19-9-7-18(6)8-10-19/h7-10H2,1-6H3. The number of amides is 1. The van der Waals surface area contributed by atoms with Crippen molar-refractivity contribution in [3.63, 3.8) is 0 Å². The zero-order chi connectivity index (χ0) is 15.0. The van der Waals surface area contributed by atoms with E-state index in [0.29, 0.717) is 0 Å². The summed E-state index contributed by atoms with van der Waals surface area (Å²) < 4.78 is 0. The molecule has 1 fully saturated rings. The molecule has 3 nitrogen and oxygen atoms in total. The van der Waals surface area contributed by atoms with E-state index in [1.807, 2.05) is 4.90 Å². The van der Waals surface area contributed by atoms with Crippen LogP contribution in [0.1, 0.15) is 38.2 Å². The summed E-state index contributed by atoms with van der Waals surface area (Å²) in [5.41, 5.74) is 7.05. The maximum absolute atomic E-state index is 12.9. The van der Waals surface area contributed by atoms with Crippen LogP contribution in [-0.2, 0) is 0 Å². The molecule has 20 heavy (non-hydrogen) atoms. The van der Waals surface area contributed by atoms with Crippen LogP contribution in [0.5, 0.6) is 0 Å². The maximum Gasteiger partial charge on any atom is 0.254 e. The number of nitrogens with zero attached hydrogens (tertiary/aromatic N) is 2. The largest absolute Gasteiger partial charge is 0.336 e. The zero-order valence-corrected chi connectivity index (χ0v) is 13.6. The molecule has 1 amide bonds. The highest BCUT2D eigenvalue weighted by Gasteiger charge is 2.25. The van der Waals surface area contributed by atoms with Crippen molar-refractivity contribution in [3.05, 3.63) is 33.4 Å². The number of benzene rings is 1. The second kappa shape index (κ2) is 5.57. The molecule has 0 atom stereocenters. The predicted molar refractivity (Wildman–Crippen MR) is 83.5 cm³/mol. The molecular formula is C17H26N2O. The smallest absolute Gasteiger partial charge is 0.254 e. The van der Waals surface area contributed by atoms with Gasteiger partial charge in [0.2, 0.25) is 0 Å². The highest BCUT2D eigenvalue weighted by molar-refractivity contribution is 5.98. The molecule has 0 unspecified atom stereocenters. The van der Waals surface area contributed by atoms with Crippen LogP contribution in [0.15, 0.2) is 0 Å². The summed E-state index contributed by atoms with van der Waals surface area (Å²) in [6, 6.07) is 0. The van der Waals surface area contributed by atoms with E-state index in [1.54, 1.807) is 0 Å². The average Bonchev–Trinajstić information content (AvgIpc) is 2.44. The molecule has 110 valence electrons. The number of piperazine rings is 1. The first-order valence-electron chi connectivity index (χ1n) is 7.39. The summed E-state index contributed by atoms with van der Waals surface area (Å²) in [6.45, 7) is 14.2. The Hall–Kier alpha value is -1.35. The minimum absolute atomic E-state index is 0.208. The van der Waals surface area contributed by atoms with Crippen LogP contribution in [0.25, 0.3) is 0 Å². The SMILES string of the molecule is Cc1c(C)c(C)c(C(=O)N2CCN(C)CC2)c(C)c1C. The van der Waals surface area contributed by atoms with Gasteiger partial charge in [0.05, 0.1) is 0 Å². The number of rotatable bonds is 1. The maximum atomic E-state index is 12.9. The van der Waals surface area contributed by atoms with E-state index in [4.69, 9.17) is 0 Å². The number of likely N-dealkylation sites (N-methyl/N-ethyl adjacent to an activating group) is 1. The van der Waals surface area contributed by atoms with Crippen LogP contribution in [0.4, 0.5) is 0 Å². The lowest BCUT2D eigenvalue weighted by Gasteiger charge is -2.33. The fourth-order valence-corrected chi connectivity index (χ4v) is 2.99. The van der Waals surface area contributed by atoms with Crippen LogP contribution in [0, 0.1) is 34.6 Å². The first-order chi connectivity index (χ1) is 9.34. The van der Waals surface area contributed by atoms with Crippen molar-refractivity contribution in [2.24, 2.45) is 0 Å². The molecule has 0 spiro atoms. The Balaban J connectivity index is 2.40. The third-order valence-electron chi connectivity index (χ3n) is 5.00. The molecule has 1 aromatic carbocycles. The van der Waals surface area contributed by atoms with Crippen LogP contribution >= 0.6 is 0 Å². The minimum Gasteiger partial charge on any atom is -0.336 e. The molecule has 1 aromatic rings. The summed E-state index contributed by atoms with van der Waals surface area (Å²) in [4.78, 5) is 17.1. The number of hydrogen-bond acceptors (Lipinski definition) is 2. The van der Waals surface area contributed by atoms with Crippen LogP contribution in [0.3, 0.4) is 0 Å². The Morgan fingerprint density at radius 1 is 0.750 bits per heavy atom. The predicted octanol–water partition coefficient (Wildman–Crippen LogP) is 2.62. The van der Waals surface area contributed by atoms with Gasteiger partial charge in [-0.3, -0.25) is 4.79 Å². The van der Waals surface area contributed by atoms with E-state index < -0.39 is 0 Å². The number of carbonyl (C=O) groups excluding carboxylic acids is 1. The van der Waals surface area contributed by atoms with Gasteiger partial charge < -0.3 is 9.80 Å². The second-order valence-corrected chi connectivity index (χ2v) is 6.10. The molecule has 0 saturated carbocycles. The van der Waals surface area contributed by atoms with Crippen molar-refractivity contribution >= 4 is 5.91 Å². The van der Waals surface area contributed by atoms with E-state index in [2.05, 4.69) is 46.6 Å². The molecule has 0 aromatic heterocycles. The second-order valence-electron chi connectivity index (χ2n) is 6.10. The summed E-state index contributed by atoms with van der Waals surface area (Å²) in [7, 11) is 2.11. The van der Waals surface area contributed by atoms with Crippen molar-refractivity contribution in [2.45, 2.75) is 34.6 Å². The van der Waals surface area contributed by atoms with Gasteiger partial charge in [0.1, 0.15) is 0 Å². The van der Waals surface area contributed by atoms with Gasteiger partial charge in [0, 0.05) is 31.7 Å². The fraction of sp³-hybridized carbons (Fsp3) is 0.588. The molecule has 1 saturated heterocycles. The van der Waals surface area contributed by atoms with Gasteiger partial charge >= 0.3 is 0 Å². The minimum atomic E-state index is 0.208. The fourth-order valence-electron chi connectivity index (χ4n) is 2.99. The normalized spacial score (nSPS) is 16.6. The van der Waals surface area contributed by atoms with Crippen molar-refractivity contribution in [2.75, 3.05) is 33.2 Å². The average molecular weight is 274 g/mol. The van der Waals surface area contributed by atoms with Crippen molar-refractivity contribution in [1.29, 1.82) is 0 Å². The lowest BCUT2D eigenvalue weighted by molar-refractivity contribution is 0.0662. The zero-order valence-electron chi connectivity index (χ0n) is 13.6. The molecule has 1 aliphatic rings. The van der Waals surface area contributed by atoms with Crippen molar-refractivity contribution in [3.8, 4) is 0 Å². The molecule has 0 bridgehead atoms. The monoisotopic (exact) mass is 274 g/mol. The highest BCUT2D eigenvalue weighted by atomic mass is 16.2. The van der Waals surface area contributed by atoms with Gasteiger partial charge in [-0.1, -0.05) is 0 Å². The highest BCUT2D eigenvalue weighted by Crippen LogP contribution is 2.27. The first-order valence-corrected chi connectivity index (χ1v) is 7.39. The van der Waals surface area contributed by atoms with Gasteiger partial charge in [0.25, 0.3) is 5.91 Å². The van der Waals surface area contributed by atoms with Crippen LogP contribution < -0.4 is 0 Å². The molecule has 2 rings (SSSR count). The lowest BCUT2D eigenvalue weighted by atomic mass is 9.89. The Bertz CT molecular complexity index is 511. The molecule has 3 heteroatoms. The third kappa shape index (κ3) is 2.47. The first kappa shape index (κ1) is 15.0. The Labute approximate surface area is 122 Å². The molecule has 0 aliphatic carbocycles. The quantitative estimate of drug-likeness (QED) is 0.786.